The van der Waals surface area contributed by atoms with Gasteiger partial charge in [0.25, 0.3) is 5.91 Å². The van der Waals surface area contributed by atoms with E-state index in [0.717, 1.165) is 24.2 Å². The Kier molecular flexibility index (Phi) is 10.2. The third-order valence-electron chi connectivity index (χ3n) is 5.63. The van der Waals surface area contributed by atoms with Gasteiger partial charge in [0.15, 0.2) is 11.5 Å². The number of nitrogens with zero attached hydrogens (tertiary/aromatic N) is 1. The van der Waals surface area contributed by atoms with Crippen molar-refractivity contribution in [1.29, 1.82) is 0 Å². The largest absolute Gasteiger partial charge is 0.493 e. The van der Waals surface area contributed by atoms with E-state index in [1.165, 1.54) is 17.3 Å². The molecule has 0 N–H and O–H groups in total. The van der Waals surface area contributed by atoms with Crippen LogP contribution in [0.15, 0.2) is 60.0 Å². The molecule has 1 amide bonds. The van der Waals surface area contributed by atoms with Crippen LogP contribution >= 0.6 is 24.0 Å². The van der Waals surface area contributed by atoms with Gasteiger partial charge in [-0.25, -0.2) is 0 Å². The minimum Gasteiger partial charge on any atom is -0.493 e. The zero-order chi connectivity index (χ0) is 25.2. The van der Waals surface area contributed by atoms with Crippen molar-refractivity contribution in [3.05, 3.63) is 71.2 Å². The predicted octanol–water partition coefficient (Wildman–Crippen LogP) is 6.83. The van der Waals surface area contributed by atoms with Crippen LogP contribution in [-0.4, -0.2) is 41.5 Å². The predicted molar refractivity (Wildman–Crippen MR) is 148 cm³/mol. The molecule has 1 unspecified atom stereocenters. The van der Waals surface area contributed by atoms with Crippen LogP contribution in [0.25, 0.3) is 6.08 Å². The number of thioether (sulfide) groups is 1. The van der Waals surface area contributed by atoms with Gasteiger partial charge in [-0.15, -0.1) is 6.58 Å². The lowest BCUT2D eigenvalue weighted by Crippen LogP contribution is -2.27. The summed E-state index contributed by atoms with van der Waals surface area (Å²) < 4.78 is 18.2. The van der Waals surface area contributed by atoms with E-state index in [1.807, 2.05) is 43.3 Å². The monoisotopic (exact) mass is 511 g/mol. The number of ether oxygens (including phenoxy) is 3. The van der Waals surface area contributed by atoms with Crippen LogP contribution < -0.4 is 14.2 Å². The number of hydrogen-bond acceptors (Lipinski definition) is 6. The molecule has 0 saturated carbocycles. The second-order valence-corrected chi connectivity index (χ2v) is 9.82. The third kappa shape index (κ3) is 7.36. The van der Waals surface area contributed by atoms with Crippen LogP contribution in [0.1, 0.15) is 50.7 Å². The van der Waals surface area contributed by atoms with Crippen LogP contribution in [0.3, 0.4) is 0 Å². The molecule has 1 aliphatic heterocycles. The highest BCUT2D eigenvalue weighted by atomic mass is 32.2. The number of thiocarbonyl (C=S) groups is 1. The highest BCUT2D eigenvalue weighted by Crippen LogP contribution is 2.35. The van der Waals surface area contributed by atoms with Crippen molar-refractivity contribution in [2.24, 2.45) is 0 Å². The van der Waals surface area contributed by atoms with E-state index in [9.17, 15) is 4.79 Å². The second kappa shape index (κ2) is 13.4. The van der Waals surface area contributed by atoms with E-state index in [1.54, 1.807) is 11.0 Å². The number of rotatable bonds is 13. The topological polar surface area (TPSA) is 48.0 Å². The van der Waals surface area contributed by atoms with Crippen LogP contribution in [-0.2, 0) is 4.79 Å². The molecule has 0 spiro atoms. The van der Waals surface area contributed by atoms with Gasteiger partial charge in [0.1, 0.15) is 10.1 Å². The maximum atomic E-state index is 12.6. The van der Waals surface area contributed by atoms with Crippen molar-refractivity contribution >= 4 is 40.3 Å². The number of benzene rings is 2. The van der Waals surface area contributed by atoms with Crippen molar-refractivity contribution in [1.82, 2.24) is 4.90 Å². The molecule has 5 nitrogen and oxygen atoms in total. The molecule has 1 fully saturated rings. The van der Waals surface area contributed by atoms with Gasteiger partial charge < -0.3 is 14.2 Å². The van der Waals surface area contributed by atoms with Gasteiger partial charge in [0.05, 0.1) is 24.7 Å². The minimum atomic E-state index is -0.104. The highest BCUT2D eigenvalue weighted by Gasteiger charge is 2.31. The minimum absolute atomic E-state index is 0.104. The van der Waals surface area contributed by atoms with Gasteiger partial charge in [0, 0.05) is 13.0 Å². The molecule has 1 saturated heterocycles. The van der Waals surface area contributed by atoms with E-state index >= 15 is 0 Å². The molecular weight excluding hydrogens is 478 g/mol. The molecule has 2 aromatic carbocycles. The van der Waals surface area contributed by atoms with Gasteiger partial charge in [-0.3, -0.25) is 9.69 Å². The van der Waals surface area contributed by atoms with E-state index in [4.69, 9.17) is 26.4 Å². The normalized spacial score (nSPS) is 15.4. The Balaban J connectivity index is 1.55. The average Bonchev–Trinajstić information content (AvgIpc) is 3.12. The fourth-order valence-corrected chi connectivity index (χ4v) is 4.77. The molecule has 1 atom stereocenters. The number of amides is 1. The molecule has 7 heteroatoms. The van der Waals surface area contributed by atoms with Crippen LogP contribution in [0.2, 0.25) is 0 Å². The molecule has 0 aliphatic carbocycles. The van der Waals surface area contributed by atoms with Gasteiger partial charge in [-0.05, 0) is 60.7 Å². The maximum absolute atomic E-state index is 12.6. The summed E-state index contributed by atoms with van der Waals surface area (Å²) >= 11 is 6.61. The first-order valence-electron chi connectivity index (χ1n) is 12.0. The summed E-state index contributed by atoms with van der Waals surface area (Å²) in [5.41, 5.74) is 2.18. The lowest BCUT2D eigenvalue weighted by Gasteiger charge is -2.13. The zero-order valence-corrected chi connectivity index (χ0v) is 22.3. The molecular formula is C28H33NO4S2. The van der Waals surface area contributed by atoms with Crippen LogP contribution in [0.4, 0.5) is 0 Å². The summed E-state index contributed by atoms with van der Waals surface area (Å²) in [6.45, 7) is 12.0. The van der Waals surface area contributed by atoms with Crippen molar-refractivity contribution in [2.45, 2.75) is 39.5 Å². The van der Waals surface area contributed by atoms with E-state index in [-0.39, 0.29) is 5.91 Å². The van der Waals surface area contributed by atoms with Crippen molar-refractivity contribution in [2.75, 3.05) is 26.4 Å². The second-order valence-electron chi connectivity index (χ2n) is 8.15. The summed E-state index contributed by atoms with van der Waals surface area (Å²) in [5.74, 6) is 2.63. The number of hydrogen-bond donors (Lipinski definition) is 0. The van der Waals surface area contributed by atoms with Gasteiger partial charge in [-0.2, -0.15) is 0 Å². The summed E-state index contributed by atoms with van der Waals surface area (Å²) in [4.78, 5) is 14.7. The standard InChI is InChI=1S/C28H33NO4S2/c1-5-15-29-27(30)26(35-28(29)34)19-21-9-14-24(25(18-21)31-7-3)33-17-8-16-32-23-12-10-22(11-13-23)20(4)6-2/h5,9-14,18-20H,1,6-8,15-17H2,2-4H3/b26-19+. The number of carbonyl (C=O) groups is 1. The maximum Gasteiger partial charge on any atom is 0.266 e. The third-order valence-corrected chi connectivity index (χ3v) is 7.00. The molecule has 1 aliphatic rings. The highest BCUT2D eigenvalue weighted by molar-refractivity contribution is 8.26. The molecule has 1 heterocycles. The fourth-order valence-electron chi connectivity index (χ4n) is 3.50. The first kappa shape index (κ1) is 26.8. The summed E-state index contributed by atoms with van der Waals surface area (Å²) in [7, 11) is 0. The first-order chi connectivity index (χ1) is 17.0. The summed E-state index contributed by atoms with van der Waals surface area (Å²) in [6, 6.07) is 14.0. The van der Waals surface area contributed by atoms with E-state index in [0.29, 0.717) is 53.0 Å². The Bertz CT molecular complexity index is 1070. The smallest absolute Gasteiger partial charge is 0.266 e. The van der Waals surface area contributed by atoms with Crippen LogP contribution in [0, 0.1) is 0 Å². The lowest BCUT2D eigenvalue weighted by atomic mass is 9.99. The van der Waals surface area contributed by atoms with Crippen molar-refractivity contribution < 1.29 is 19.0 Å². The van der Waals surface area contributed by atoms with Gasteiger partial charge in [0.2, 0.25) is 0 Å². The van der Waals surface area contributed by atoms with Gasteiger partial charge in [-0.1, -0.05) is 62.1 Å². The van der Waals surface area contributed by atoms with Crippen molar-refractivity contribution in [3.63, 3.8) is 0 Å². The Hall–Kier alpha value is -2.77. The molecule has 2 aromatic rings. The Morgan fingerprint density at radius 2 is 1.80 bits per heavy atom. The quantitative estimate of drug-likeness (QED) is 0.127. The number of carbonyl (C=O) groups excluding carboxylic acids is 1. The Morgan fingerprint density at radius 1 is 1.06 bits per heavy atom. The molecule has 0 aromatic heterocycles. The zero-order valence-electron chi connectivity index (χ0n) is 20.6. The summed E-state index contributed by atoms with van der Waals surface area (Å²) in [6.07, 6.45) is 5.36. The lowest BCUT2D eigenvalue weighted by molar-refractivity contribution is -0.121. The SMILES string of the molecule is C=CCN1C(=O)/C(=C\c2ccc(OCCCOc3ccc(C(C)CC)cc3)c(OCC)c2)SC1=S. The van der Waals surface area contributed by atoms with Gasteiger partial charge >= 0.3 is 0 Å². The molecule has 0 radical (unpaired) electrons. The first-order valence-corrected chi connectivity index (χ1v) is 13.2. The summed E-state index contributed by atoms with van der Waals surface area (Å²) in [5, 5.41) is 0. The molecule has 0 bridgehead atoms. The Labute approximate surface area is 218 Å². The van der Waals surface area contributed by atoms with Crippen LogP contribution in [0.5, 0.6) is 17.2 Å². The van der Waals surface area contributed by atoms with Crippen molar-refractivity contribution in [3.8, 4) is 17.2 Å². The molecule has 35 heavy (non-hydrogen) atoms. The average molecular weight is 512 g/mol. The van der Waals surface area contributed by atoms with E-state index in [2.05, 4.69) is 32.6 Å². The molecule has 3 rings (SSSR count). The Morgan fingerprint density at radius 3 is 2.49 bits per heavy atom. The fraction of sp³-hybridized carbons (Fsp3) is 0.357. The molecule has 186 valence electrons. The van der Waals surface area contributed by atoms with E-state index < -0.39 is 0 Å².